The van der Waals surface area contributed by atoms with E-state index >= 15 is 0 Å². The van der Waals surface area contributed by atoms with Crippen molar-refractivity contribution in [2.45, 2.75) is 26.7 Å². The summed E-state index contributed by atoms with van der Waals surface area (Å²) in [6.45, 7) is 4.06. The number of hydrogen-bond acceptors (Lipinski definition) is 2. The van der Waals surface area contributed by atoms with E-state index in [-0.39, 0.29) is 0 Å². The Morgan fingerprint density at radius 3 is 2.08 bits per heavy atom. The van der Waals surface area contributed by atoms with Crippen molar-refractivity contribution in [2.75, 3.05) is 0 Å². The molecule has 1 N–H and O–H groups in total. The minimum absolute atomic E-state index is 0.340. The molecule has 0 aliphatic rings. The molecule has 0 heterocycles. The minimum Gasteiger partial charge on any atom is -0.478 e. The Balaban J connectivity index is 1.63. The van der Waals surface area contributed by atoms with Gasteiger partial charge < -0.3 is 9.84 Å². The van der Waals surface area contributed by atoms with E-state index in [0.717, 1.165) is 35.5 Å². The van der Waals surface area contributed by atoms with Crippen LogP contribution in [0.3, 0.4) is 0 Å². The van der Waals surface area contributed by atoms with E-state index in [1.165, 1.54) is 11.1 Å². The van der Waals surface area contributed by atoms with E-state index in [1.807, 2.05) is 56.3 Å². The molecular formula is C23H22O3. The molecule has 0 atom stereocenters. The van der Waals surface area contributed by atoms with Crippen LogP contribution in [0.25, 0.3) is 0 Å². The van der Waals surface area contributed by atoms with Gasteiger partial charge in [-0.05, 0) is 79.8 Å². The Hall–Kier alpha value is -3.07. The van der Waals surface area contributed by atoms with Crippen molar-refractivity contribution in [3.63, 3.8) is 0 Å². The van der Waals surface area contributed by atoms with Crippen molar-refractivity contribution in [1.82, 2.24) is 0 Å². The average Bonchev–Trinajstić information content (AvgIpc) is 2.64. The molecule has 26 heavy (non-hydrogen) atoms. The first-order valence-electron chi connectivity index (χ1n) is 8.67. The Kier molecular flexibility index (Phi) is 5.37. The molecule has 0 aromatic heterocycles. The summed E-state index contributed by atoms with van der Waals surface area (Å²) in [6, 6.07) is 21.3. The zero-order valence-corrected chi connectivity index (χ0v) is 15.0. The highest BCUT2D eigenvalue weighted by Gasteiger charge is 2.07. The van der Waals surface area contributed by atoms with Crippen LogP contribution in [0.2, 0.25) is 0 Å². The summed E-state index contributed by atoms with van der Waals surface area (Å²) >= 11 is 0. The van der Waals surface area contributed by atoms with Gasteiger partial charge >= 0.3 is 5.97 Å². The smallest absolute Gasteiger partial charge is 0.335 e. The Labute approximate surface area is 153 Å². The topological polar surface area (TPSA) is 46.5 Å². The maximum atomic E-state index is 11.1. The SMILES string of the molecule is Cc1ccc(Oc2ccc(CCc3cc(C(=O)O)ccc3C)cc2)cc1. The van der Waals surface area contributed by atoms with Gasteiger partial charge in [-0.1, -0.05) is 35.9 Å². The molecule has 0 aliphatic heterocycles. The fourth-order valence-electron chi connectivity index (χ4n) is 2.82. The van der Waals surface area contributed by atoms with Crippen molar-refractivity contribution in [1.29, 1.82) is 0 Å². The Morgan fingerprint density at radius 2 is 1.46 bits per heavy atom. The third-order valence-corrected chi connectivity index (χ3v) is 4.46. The van der Waals surface area contributed by atoms with Crippen LogP contribution >= 0.6 is 0 Å². The quantitative estimate of drug-likeness (QED) is 0.634. The Bertz CT molecular complexity index is 894. The first-order chi connectivity index (χ1) is 12.5. The largest absolute Gasteiger partial charge is 0.478 e. The molecular weight excluding hydrogens is 324 g/mol. The zero-order valence-electron chi connectivity index (χ0n) is 15.0. The Morgan fingerprint density at radius 1 is 0.846 bits per heavy atom. The lowest BCUT2D eigenvalue weighted by Gasteiger charge is -2.09. The van der Waals surface area contributed by atoms with Crippen LogP contribution in [0.15, 0.2) is 66.7 Å². The van der Waals surface area contributed by atoms with Crippen molar-refractivity contribution in [2.24, 2.45) is 0 Å². The highest BCUT2D eigenvalue weighted by molar-refractivity contribution is 5.87. The standard InChI is InChI=1S/C23H22O3/c1-16-3-11-21(12-4-16)26-22-13-7-18(8-14-22)6-10-19-15-20(23(24)25)9-5-17(19)2/h3-5,7-9,11-15H,6,10H2,1-2H3,(H,24,25). The normalized spacial score (nSPS) is 10.5. The van der Waals surface area contributed by atoms with Gasteiger partial charge in [-0.2, -0.15) is 0 Å². The lowest BCUT2D eigenvalue weighted by atomic mass is 9.98. The molecule has 0 fully saturated rings. The maximum absolute atomic E-state index is 11.1. The summed E-state index contributed by atoms with van der Waals surface area (Å²) in [6.07, 6.45) is 1.67. The molecule has 0 saturated heterocycles. The third kappa shape index (κ3) is 4.51. The van der Waals surface area contributed by atoms with E-state index in [1.54, 1.807) is 12.1 Å². The summed E-state index contributed by atoms with van der Waals surface area (Å²) < 4.78 is 5.85. The van der Waals surface area contributed by atoms with Gasteiger partial charge in [0, 0.05) is 0 Å². The monoisotopic (exact) mass is 346 g/mol. The molecule has 132 valence electrons. The van der Waals surface area contributed by atoms with Gasteiger partial charge in [0.25, 0.3) is 0 Å². The summed E-state index contributed by atoms with van der Waals surface area (Å²) in [5.74, 6) is 0.745. The lowest BCUT2D eigenvalue weighted by molar-refractivity contribution is 0.0696. The van der Waals surface area contributed by atoms with E-state index < -0.39 is 5.97 Å². The highest BCUT2D eigenvalue weighted by Crippen LogP contribution is 2.23. The third-order valence-electron chi connectivity index (χ3n) is 4.46. The van der Waals surface area contributed by atoms with Crippen LogP contribution in [0, 0.1) is 13.8 Å². The second-order valence-electron chi connectivity index (χ2n) is 6.51. The van der Waals surface area contributed by atoms with E-state index in [2.05, 4.69) is 12.1 Å². The zero-order chi connectivity index (χ0) is 18.5. The predicted octanol–water partition coefficient (Wildman–Crippen LogP) is 5.58. The van der Waals surface area contributed by atoms with Crippen molar-refractivity contribution in [3.8, 4) is 11.5 Å². The number of carboxylic acid groups (broad SMARTS) is 1. The van der Waals surface area contributed by atoms with Crippen LogP contribution in [0.5, 0.6) is 11.5 Å². The van der Waals surface area contributed by atoms with Crippen LogP contribution in [-0.2, 0) is 12.8 Å². The summed E-state index contributed by atoms with van der Waals surface area (Å²) in [5, 5.41) is 9.14. The molecule has 0 spiro atoms. The van der Waals surface area contributed by atoms with Crippen molar-refractivity contribution >= 4 is 5.97 Å². The van der Waals surface area contributed by atoms with Gasteiger partial charge in [-0.3, -0.25) is 0 Å². The summed E-state index contributed by atoms with van der Waals surface area (Å²) in [7, 11) is 0. The molecule has 0 radical (unpaired) electrons. The predicted molar refractivity (Wildman–Crippen MR) is 103 cm³/mol. The van der Waals surface area contributed by atoms with Gasteiger partial charge in [0.1, 0.15) is 11.5 Å². The number of aryl methyl sites for hydroxylation is 4. The van der Waals surface area contributed by atoms with Crippen molar-refractivity contribution in [3.05, 3.63) is 94.5 Å². The fraction of sp³-hybridized carbons (Fsp3) is 0.174. The van der Waals surface area contributed by atoms with Crippen molar-refractivity contribution < 1.29 is 14.6 Å². The van der Waals surface area contributed by atoms with Crippen LogP contribution in [0.1, 0.15) is 32.6 Å². The summed E-state index contributed by atoms with van der Waals surface area (Å²) in [4.78, 5) is 11.1. The molecule has 3 aromatic rings. The minimum atomic E-state index is -0.885. The molecule has 3 aromatic carbocycles. The number of carbonyl (C=O) groups is 1. The lowest BCUT2D eigenvalue weighted by Crippen LogP contribution is -2.00. The maximum Gasteiger partial charge on any atom is 0.335 e. The van der Waals surface area contributed by atoms with E-state index in [4.69, 9.17) is 9.84 Å². The number of hydrogen-bond donors (Lipinski definition) is 1. The van der Waals surface area contributed by atoms with Gasteiger partial charge in [-0.25, -0.2) is 4.79 Å². The average molecular weight is 346 g/mol. The molecule has 0 amide bonds. The fourth-order valence-corrected chi connectivity index (χ4v) is 2.82. The second-order valence-corrected chi connectivity index (χ2v) is 6.51. The van der Waals surface area contributed by atoms with Gasteiger partial charge in [0.2, 0.25) is 0 Å². The van der Waals surface area contributed by atoms with Crippen LogP contribution < -0.4 is 4.74 Å². The van der Waals surface area contributed by atoms with E-state index in [9.17, 15) is 4.79 Å². The number of benzene rings is 3. The number of carboxylic acids is 1. The molecule has 0 saturated carbocycles. The molecule has 0 aliphatic carbocycles. The molecule has 3 heteroatoms. The molecule has 0 bridgehead atoms. The molecule has 3 nitrogen and oxygen atoms in total. The molecule has 3 rings (SSSR count). The number of ether oxygens (including phenoxy) is 1. The highest BCUT2D eigenvalue weighted by atomic mass is 16.5. The van der Waals surface area contributed by atoms with E-state index in [0.29, 0.717) is 5.56 Å². The van der Waals surface area contributed by atoms with Gasteiger partial charge in [-0.15, -0.1) is 0 Å². The summed E-state index contributed by atoms with van der Waals surface area (Å²) in [5.41, 5.74) is 4.93. The number of aromatic carboxylic acids is 1. The number of rotatable bonds is 6. The molecule has 0 unspecified atom stereocenters. The first-order valence-corrected chi connectivity index (χ1v) is 8.67. The second kappa shape index (κ2) is 7.87. The van der Waals surface area contributed by atoms with Gasteiger partial charge in [0.15, 0.2) is 0 Å². The van der Waals surface area contributed by atoms with Gasteiger partial charge in [0.05, 0.1) is 5.56 Å². The van der Waals surface area contributed by atoms with Crippen LogP contribution in [0.4, 0.5) is 0 Å². The van der Waals surface area contributed by atoms with Crippen LogP contribution in [-0.4, -0.2) is 11.1 Å². The first kappa shape index (κ1) is 17.7.